The summed E-state index contributed by atoms with van der Waals surface area (Å²) in [5.41, 5.74) is 0.335. The predicted octanol–water partition coefficient (Wildman–Crippen LogP) is 0.403. The molecule has 3 rings (SSSR count). The summed E-state index contributed by atoms with van der Waals surface area (Å²) in [4.78, 5) is 14.1. The van der Waals surface area contributed by atoms with Gasteiger partial charge in [0, 0.05) is 38.1 Å². The smallest absolute Gasteiger partial charge is 0.253 e. The molecule has 0 saturated carbocycles. The van der Waals surface area contributed by atoms with Crippen molar-refractivity contribution in [1.82, 2.24) is 9.62 Å². The fraction of sp³-hybridized carbons (Fsp3) is 0.588. The number of rotatable bonds is 6. The van der Waals surface area contributed by atoms with E-state index >= 15 is 0 Å². The Hall–Kier alpha value is -1.49. The summed E-state index contributed by atoms with van der Waals surface area (Å²) in [6, 6.07) is 5.68. The van der Waals surface area contributed by atoms with E-state index in [1.54, 1.807) is 0 Å². The van der Waals surface area contributed by atoms with Gasteiger partial charge >= 0.3 is 0 Å². The molecule has 2 heterocycles. The van der Waals surface area contributed by atoms with Crippen LogP contribution < -0.4 is 4.72 Å². The number of carbonyl (C=O) groups is 1. The molecule has 2 fully saturated rings. The Labute approximate surface area is 159 Å². The molecule has 1 aromatic rings. The number of carbonyl (C=O) groups excluding carboxylic acids is 1. The summed E-state index contributed by atoms with van der Waals surface area (Å²) >= 11 is 0. The number of amides is 1. The average molecular weight is 417 g/mol. The van der Waals surface area contributed by atoms with E-state index in [2.05, 4.69) is 4.72 Å². The Kier molecular flexibility index (Phi) is 5.90. The molecule has 1 N–H and O–H groups in total. The number of likely N-dealkylation sites (tertiary alicyclic amines) is 1. The summed E-state index contributed by atoms with van der Waals surface area (Å²) < 4.78 is 55.9. The molecule has 0 unspecified atom stereocenters. The summed E-state index contributed by atoms with van der Waals surface area (Å²) in [5, 5.41) is -0.539. The van der Waals surface area contributed by atoms with E-state index in [0.717, 1.165) is 12.8 Å². The molecule has 2 atom stereocenters. The van der Waals surface area contributed by atoms with Gasteiger partial charge in [0.2, 0.25) is 10.0 Å². The van der Waals surface area contributed by atoms with Gasteiger partial charge in [-0.15, -0.1) is 0 Å². The Morgan fingerprint density at radius 1 is 1.19 bits per heavy atom. The van der Waals surface area contributed by atoms with E-state index < -0.39 is 25.1 Å². The van der Waals surface area contributed by atoms with Crippen molar-refractivity contribution in [2.45, 2.75) is 35.5 Å². The van der Waals surface area contributed by atoms with Crippen LogP contribution >= 0.6 is 0 Å². The van der Waals surface area contributed by atoms with Gasteiger partial charge in [-0.05, 0) is 43.5 Å². The van der Waals surface area contributed by atoms with Crippen molar-refractivity contribution in [2.75, 3.05) is 32.5 Å². The first kappa shape index (κ1) is 20.2. The lowest BCUT2D eigenvalue weighted by atomic mass is 10.2. The third kappa shape index (κ3) is 4.87. The van der Waals surface area contributed by atoms with E-state index in [1.165, 1.54) is 35.4 Å². The normalized spacial score (nSPS) is 23.7. The number of benzene rings is 1. The van der Waals surface area contributed by atoms with Crippen LogP contribution in [0.15, 0.2) is 29.2 Å². The van der Waals surface area contributed by atoms with E-state index in [4.69, 9.17) is 4.74 Å². The maximum Gasteiger partial charge on any atom is 0.253 e. The molecule has 1 aromatic carbocycles. The van der Waals surface area contributed by atoms with Crippen LogP contribution in [-0.4, -0.2) is 71.5 Å². The molecule has 0 bridgehead atoms. The van der Waals surface area contributed by atoms with Crippen LogP contribution in [0.1, 0.15) is 29.6 Å². The largest absolute Gasteiger partial charge is 0.377 e. The Morgan fingerprint density at radius 2 is 1.89 bits per heavy atom. The zero-order chi connectivity index (χ0) is 19.7. The van der Waals surface area contributed by atoms with Crippen molar-refractivity contribution in [1.29, 1.82) is 0 Å². The Morgan fingerprint density at radius 3 is 2.44 bits per heavy atom. The third-order valence-corrected chi connectivity index (χ3v) is 8.01. The molecular weight excluding hydrogens is 392 g/mol. The van der Waals surface area contributed by atoms with Crippen molar-refractivity contribution < 1.29 is 26.4 Å². The maximum absolute atomic E-state index is 12.5. The van der Waals surface area contributed by atoms with Crippen molar-refractivity contribution in [3.05, 3.63) is 29.8 Å². The molecule has 8 nitrogen and oxygen atoms in total. The van der Waals surface area contributed by atoms with E-state index in [-0.39, 0.29) is 30.0 Å². The lowest BCUT2D eigenvalue weighted by molar-refractivity contribution is 0.0793. The van der Waals surface area contributed by atoms with Crippen molar-refractivity contribution in [3.63, 3.8) is 0 Å². The van der Waals surface area contributed by atoms with Crippen LogP contribution in [-0.2, 0) is 24.6 Å². The second-order valence-corrected chi connectivity index (χ2v) is 11.1. The van der Waals surface area contributed by atoms with Gasteiger partial charge < -0.3 is 9.64 Å². The summed E-state index contributed by atoms with van der Waals surface area (Å²) in [6.45, 7) is 1.42. The second kappa shape index (κ2) is 7.86. The molecule has 2 saturated heterocycles. The molecular formula is C17H24N2O6S2. The number of hydrogen-bond donors (Lipinski definition) is 1. The van der Waals surface area contributed by atoms with Gasteiger partial charge in [0.05, 0.1) is 16.2 Å². The number of nitrogens with zero attached hydrogens (tertiary/aromatic N) is 1. The molecule has 10 heteroatoms. The highest BCUT2D eigenvalue weighted by Gasteiger charge is 2.33. The molecule has 0 aromatic heterocycles. The highest BCUT2D eigenvalue weighted by atomic mass is 32.2. The third-order valence-electron chi connectivity index (χ3n) is 4.97. The topological polar surface area (TPSA) is 110 Å². The molecule has 0 radical (unpaired) electrons. The Balaban J connectivity index is 1.63. The predicted molar refractivity (Wildman–Crippen MR) is 99.8 cm³/mol. The zero-order valence-electron chi connectivity index (χ0n) is 15.1. The van der Waals surface area contributed by atoms with Crippen LogP contribution in [0.5, 0.6) is 0 Å². The number of sulfonamides is 1. The van der Waals surface area contributed by atoms with Gasteiger partial charge in [0.25, 0.3) is 5.91 Å². The molecule has 2 aliphatic rings. The molecule has 150 valence electrons. The van der Waals surface area contributed by atoms with Crippen molar-refractivity contribution in [2.24, 2.45) is 0 Å². The zero-order valence-corrected chi connectivity index (χ0v) is 16.8. The fourth-order valence-electron chi connectivity index (χ4n) is 3.31. The number of hydrogen-bond acceptors (Lipinski definition) is 6. The van der Waals surface area contributed by atoms with Crippen LogP contribution in [0, 0.1) is 0 Å². The standard InChI is InChI=1S/C17H24N2O6S2/c1-26(21,22)16-8-9-19(12-16)17(20)13-4-6-15(7-5-13)27(23,24)18-11-14-3-2-10-25-14/h4-7,14,16,18H,2-3,8-12H2,1H3/t14-,16-/m0/s1. The first-order valence-corrected chi connectivity index (χ1v) is 12.3. The summed E-state index contributed by atoms with van der Waals surface area (Å²) in [5.74, 6) is -0.294. The lowest BCUT2D eigenvalue weighted by Crippen LogP contribution is -2.32. The van der Waals surface area contributed by atoms with Gasteiger partial charge in [-0.1, -0.05) is 0 Å². The highest BCUT2D eigenvalue weighted by Crippen LogP contribution is 2.20. The number of ether oxygens (including phenoxy) is 1. The van der Waals surface area contributed by atoms with Crippen LogP contribution in [0.25, 0.3) is 0 Å². The first-order chi connectivity index (χ1) is 12.7. The molecule has 0 spiro atoms. The minimum absolute atomic E-state index is 0.0764. The van der Waals surface area contributed by atoms with E-state index in [0.29, 0.717) is 25.1 Å². The lowest BCUT2D eigenvalue weighted by Gasteiger charge is -2.16. The van der Waals surface area contributed by atoms with Gasteiger partial charge in [-0.3, -0.25) is 4.79 Å². The van der Waals surface area contributed by atoms with Crippen LogP contribution in [0.2, 0.25) is 0 Å². The summed E-state index contributed by atoms with van der Waals surface area (Å²) in [6.07, 6.45) is 3.26. The molecule has 0 aliphatic carbocycles. The van der Waals surface area contributed by atoms with Gasteiger partial charge in [-0.2, -0.15) is 0 Å². The summed E-state index contributed by atoms with van der Waals surface area (Å²) in [7, 11) is -6.85. The second-order valence-electron chi connectivity index (χ2n) is 7.00. The Bertz CT molecular complexity index is 890. The van der Waals surface area contributed by atoms with Crippen LogP contribution in [0.3, 0.4) is 0 Å². The van der Waals surface area contributed by atoms with E-state index in [9.17, 15) is 21.6 Å². The number of nitrogens with one attached hydrogen (secondary N) is 1. The number of sulfone groups is 1. The van der Waals surface area contributed by atoms with Gasteiger partial charge in [0.1, 0.15) is 0 Å². The minimum Gasteiger partial charge on any atom is -0.377 e. The SMILES string of the molecule is CS(=O)(=O)[C@H]1CCN(C(=O)c2ccc(S(=O)(=O)NC[C@@H]3CCCO3)cc2)C1. The molecule has 2 aliphatic heterocycles. The first-order valence-electron chi connectivity index (χ1n) is 8.86. The average Bonchev–Trinajstić information content (AvgIpc) is 3.31. The maximum atomic E-state index is 12.5. The quantitative estimate of drug-likeness (QED) is 0.719. The minimum atomic E-state index is -3.67. The molecule has 1 amide bonds. The van der Waals surface area contributed by atoms with Crippen molar-refractivity contribution in [3.8, 4) is 0 Å². The van der Waals surface area contributed by atoms with Gasteiger partial charge in [0.15, 0.2) is 9.84 Å². The van der Waals surface area contributed by atoms with Crippen LogP contribution in [0.4, 0.5) is 0 Å². The monoisotopic (exact) mass is 416 g/mol. The van der Waals surface area contributed by atoms with Crippen molar-refractivity contribution >= 4 is 25.8 Å². The molecule has 27 heavy (non-hydrogen) atoms. The fourth-order valence-corrected chi connectivity index (χ4v) is 5.36. The van der Waals surface area contributed by atoms with E-state index in [1.807, 2.05) is 0 Å². The highest BCUT2D eigenvalue weighted by molar-refractivity contribution is 7.91. The van der Waals surface area contributed by atoms with Gasteiger partial charge in [-0.25, -0.2) is 21.6 Å².